The quantitative estimate of drug-likeness (QED) is 0.642. The topological polar surface area (TPSA) is 57.0 Å². The average Bonchev–Trinajstić information content (AvgIpc) is 2.80. The van der Waals surface area contributed by atoms with Crippen molar-refractivity contribution in [1.29, 1.82) is 0 Å². The van der Waals surface area contributed by atoms with Gasteiger partial charge in [0.2, 0.25) is 0 Å². The van der Waals surface area contributed by atoms with Gasteiger partial charge in [0, 0.05) is 12.6 Å². The Bertz CT molecular complexity index is 630. The lowest BCUT2D eigenvalue weighted by atomic mass is 10.2. The van der Waals surface area contributed by atoms with Crippen molar-refractivity contribution in [2.24, 2.45) is 7.05 Å². The predicted octanol–water partition coefficient (Wildman–Crippen LogP) is 2.79. The van der Waals surface area contributed by atoms with Gasteiger partial charge in [-0.1, -0.05) is 35.5 Å². The number of methoxy groups -OCH3 is 1. The van der Waals surface area contributed by atoms with Crippen LogP contribution in [0.25, 0.3) is 11.4 Å². The first kappa shape index (κ1) is 14.9. The van der Waals surface area contributed by atoms with Crippen molar-refractivity contribution in [2.45, 2.75) is 17.3 Å². The molecule has 0 spiro atoms. The molecular formula is C13H14ClN3O2S. The van der Waals surface area contributed by atoms with Gasteiger partial charge in [0.1, 0.15) is 5.25 Å². The van der Waals surface area contributed by atoms with Crippen LogP contribution in [0.2, 0.25) is 5.02 Å². The number of carbonyl (C=O) groups is 1. The standard InChI is InChI=1S/C13H14ClN3O2S/c1-8(12(18)19-3)20-13-16-15-11(17(13)2)9-6-4-5-7-10(9)14/h4-8H,1-3H3/t8-/m0/s1. The summed E-state index contributed by atoms with van der Waals surface area (Å²) in [5, 5.41) is 9.14. The van der Waals surface area contributed by atoms with Gasteiger partial charge in [-0.05, 0) is 19.1 Å². The summed E-state index contributed by atoms with van der Waals surface area (Å²) in [7, 11) is 3.20. The molecular weight excluding hydrogens is 298 g/mol. The van der Waals surface area contributed by atoms with Gasteiger partial charge in [-0.15, -0.1) is 10.2 Å². The molecule has 0 N–H and O–H groups in total. The molecule has 20 heavy (non-hydrogen) atoms. The summed E-state index contributed by atoms with van der Waals surface area (Å²) in [5.41, 5.74) is 0.807. The van der Waals surface area contributed by atoms with E-state index in [0.29, 0.717) is 16.0 Å². The van der Waals surface area contributed by atoms with Crippen molar-refractivity contribution in [3.8, 4) is 11.4 Å². The molecule has 5 nitrogen and oxygen atoms in total. The Kier molecular flexibility index (Phi) is 4.67. The third kappa shape index (κ3) is 2.96. The Morgan fingerprint density at radius 2 is 2.10 bits per heavy atom. The van der Waals surface area contributed by atoms with E-state index in [1.807, 2.05) is 29.8 Å². The number of ether oxygens (including phenoxy) is 1. The number of halogens is 1. The SMILES string of the molecule is COC(=O)[C@H](C)Sc1nnc(-c2ccccc2Cl)n1C. The monoisotopic (exact) mass is 311 g/mol. The van der Waals surface area contributed by atoms with Crippen LogP contribution >= 0.6 is 23.4 Å². The van der Waals surface area contributed by atoms with Gasteiger partial charge in [0.25, 0.3) is 0 Å². The molecule has 0 bridgehead atoms. The van der Waals surface area contributed by atoms with Crippen LogP contribution in [0.3, 0.4) is 0 Å². The van der Waals surface area contributed by atoms with Crippen LogP contribution < -0.4 is 0 Å². The summed E-state index contributed by atoms with van der Waals surface area (Å²) in [6, 6.07) is 7.43. The first-order chi connectivity index (χ1) is 9.54. The second-order valence-corrected chi connectivity index (χ2v) is 5.84. The van der Waals surface area contributed by atoms with Crippen molar-refractivity contribution in [2.75, 3.05) is 7.11 Å². The van der Waals surface area contributed by atoms with E-state index in [2.05, 4.69) is 10.2 Å². The maximum absolute atomic E-state index is 11.4. The Balaban J connectivity index is 2.28. The van der Waals surface area contributed by atoms with E-state index >= 15 is 0 Å². The number of benzene rings is 1. The summed E-state index contributed by atoms with van der Waals surface area (Å²) < 4.78 is 6.51. The van der Waals surface area contributed by atoms with Gasteiger partial charge in [0.05, 0.1) is 12.1 Å². The maximum atomic E-state index is 11.4. The molecule has 0 radical (unpaired) electrons. The highest BCUT2D eigenvalue weighted by atomic mass is 35.5. The molecule has 0 amide bonds. The molecule has 0 saturated heterocycles. The van der Waals surface area contributed by atoms with Crippen LogP contribution in [0.15, 0.2) is 29.4 Å². The number of hydrogen-bond donors (Lipinski definition) is 0. The molecule has 1 aromatic carbocycles. The Morgan fingerprint density at radius 1 is 1.40 bits per heavy atom. The second-order valence-electron chi connectivity index (χ2n) is 4.13. The third-order valence-electron chi connectivity index (χ3n) is 2.76. The first-order valence-electron chi connectivity index (χ1n) is 5.93. The summed E-state index contributed by atoms with van der Waals surface area (Å²) in [5.74, 6) is 0.368. The highest BCUT2D eigenvalue weighted by Crippen LogP contribution is 2.29. The average molecular weight is 312 g/mol. The fourth-order valence-corrected chi connectivity index (χ4v) is 2.73. The normalized spacial score (nSPS) is 12.2. The van der Waals surface area contributed by atoms with Crippen molar-refractivity contribution in [3.05, 3.63) is 29.3 Å². The molecule has 1 aromatic heterocycles. The van der Waals surface area contributed by atoms with E-state index in [1.54, 1.807) is 13.0 Å². The second kappa shape index (κ2) is 6.28. The van der Waals surface area contributed by atoms with Gasteiger partial charge in [-0.2, -0.15) is 0 Å². The molecule has 0 fully saturated rings. The van der Waals surface area contributed by atoms with Crippen LogP contribution in [-0.4, -0.2) is 33.1 Å². The Morgan fingerprint density at radius 3 is 2.75 bits per heavy atom. The van der Waals surface area contributed by atoms with Crippen LogP contribution in [0, 0.1) is 0 Å². The highest BCUT2D eigenvalue weighted by molar-refractivity contribution is 8.00. The van der Waals surface area contributed by atoms with Crippen molar-refractivity contribution in [3.63, 3.8) is 0 Å². The fourth-order valence-electron chi connectivity index (χ4n) is 1.67. The zero-order valence-electron chi connectivity index (χ0n) is 11.3. The number of thioether (sulfide) groups is 1. The number of nitrogens with zero attached hydrogens (tertiary/aromatic N) is 3. The van der Waals surface area contributed by atoms with Crippen LogP contribution in [0.4, 0.5) is 0 Å². The van der Waals surface area contributed by atoms with Gasteiger partial charge >= 0.3 is 5.97 Å². The lowest BCUT2D eigenvalue weighted by Crippen LogP contribution is -2.15. The van der Waals surface area contributed by atoms with E-state index < -0.39 is 0 Å². The number of esters is 1. The zero-order chi connectivity index (χ0) is 14.7. The molecule has 1 heterocycles. The minimum atomic E-state index is -0.345. The maximum Gasteiger partial charge on any atom is 0.318 e. The lowest BCUT2D eigenvalue weighted by Gasteiger charge is -2.08. The molecule has 0 aliphatic carbocycles. The van der Waals surface area contributed by atoms with E-state index in [9.17, 15) is 4.79 Å². The molecule has 1 atom stereocenters. The number of aromatic nitrogens is 3. The first-order valence-corrected chi connectivity index (χ1v) is 7.19. The van der Waals surface area contributed by atoms with Crippen LogP contribution in [0.1, 0.15) is 6.92 Å². The molecule has 7 heteroatoms. The minimum absolute atomic E-state index is 0.294. The van der Waals surface area contributed by atoms with Crippen LogP contribution in [-0.2, 0) is 16.6 Å². The highest BCUT2D eigenvalue weighted by Gasteiger charge is 2.20. The summed E-state index contributed by atoms with van der Waals surface area (Å²) in [6.45, 7) is 1.76. The van der Waals surface area contributed by atoms with Crippen molar-refractivity contribution < 1.29 is 9.53 Å². The lowest BCUT2D eigenvalue weighted by molar-refractivity contribution is -0.139. The van der Waals surface area contributed by atoms with E-state index in [4.69, 9.17) is 16.3 Å². The van der Waals surface area contributed by atoms with Gasteiger partial charge in [0.15, 0.2) is 11.0 Å². The third-order valence-corrected chi connectivity index (χ3v) is 4.21. The minimum Gasteiger partial charge on any atom is -0.468 e. The van der Waals surface area contributed by atoms with E-state index in [-0.39, 0.29) is 11.2 Å². The summed E-state index contributed by atoms with van der Waals surface area (Å²) in [4.78, 5) is 11.4. The molecule has 2 aromatic rings. The Hall–Kier alpha value is -1.53. The fraction of sp³-hybridized carbons (Fsp3) is 0.308. The smallest absolute Gasteiger partial charge is 0.318 e. The summed E-state index contributed by atoms with van der Waals surface area (Å²) in [6.07, 6.45) is 0. The van der Waals surface area contributed by atoms with E-state index in [0.717, 1.165) is 5.56 Å². The number of carbonyl (C=O) groups excluding carboxylic acids is 1. The Labute approximate surface area is 126 Å². The van der Waals surface area contributed by atoms with Gasteiger partial charge in [-0.3, -0.25) is 4.79 Å². The van der Waals surface area contributed by atoms with Gasteiger partial charge in [-0.25, -0.2) is 0 Å². The molecule has 0 aliphatic heterocycles. The molecule has 0 aliphatic rings. The molecule has 2 rings (SSSR count). The summed E-state index contributed by atoms with van der Waals surface area (Å²) >= 11 is 7.45. The van der Waals surface area contributed by atoms with Crippen molar-refractivity contribution in [1.82, 2.24) is 14.8 Å². The van der Waals surface area contributed by atoms with Crippen LogP contribution in [0.5, 0.6) is 0 Å². The largest absolute Gasteiger partial charge is 0.468 e. The van der Waals surface area contributed by atoms with E-state index in [1.165, 1.54) is 18.9 Å². The number of rotatable bonds is 4. The zero-order valence-corrected chi connectivity index (χ0v) is 12.9. The van der Waals surface area contributed by atoms with Gasteiger partial charge < -0.3 is 9.30 Å². The molecule has 0 unspecified atom stereocenters. The predicted molar refractivity (Wildman–Crippen MR) is 78.8 cm³/mol. The molecule has 106 valence electrons. The number of hydrogen-bond acceptors (Lipinski definition) is 5. The molecule has 0 saturated carbocycles. The van der Waals surface area contributed by atoms with Crippen molar-refractivity contribution >= 4 is 29.3 Å².